The third-order valence-electron chi connectivity index (χ3n) is 2.46. The first-order valence-corrected chi connectivity index (χ1v) is 4.58. The Morgan fingerprint density at radius 3 is 2.67 bits per heavy atom. The van der Waals surface area contributed by atoms with Crippen LogP contribution in [0, 0.1) is 29.1 Å². The third-order valence-corrected chi connectivity index (χ3v) is 2.46. The van der Waals surface area contributed by atoms with E-state index in [0.29, 0.717) is 5.92 Å². The first-order chi connectivity index (χ1) is 5.65. The first kappa shape index (κ1) is 9.25. The molecule has 0 aromatic rings. The van der Waals surface area contributed by atoms with Gasteiger partial charge in [0.1, 0.15) is 5.92 Å². The van der Waals surface area contributed by atoms with E-state index in [1.165, 1.54) is 0 Å². The van der Waals surface area contributed by atoms with E-state index < -0.39 is 0 Å². The van der Waals surface area contributed by atoms with Crippen molar-refractivity contribution in [3.63, 3.8) is 0 Å². The van der Waals surface area contributed by atoms with Crippen LogP contribution < -0.4 is 0 Å². The molecule has 0 aromatic heterocycles. The molecule has 1 aliphatic carbocycles. The monoisotopic (exact) mass is 165 g/mol. The molecule has 2 unspecified atom stereocenters. The van der Waals surface area contributed by atoms with Crippen molar-refractivity contribution in [2.24, 2.45) is 17.8 Å². The zero-order chi connectivity index (χ0) is 9.14. The van der Waals surface area contributed by atoms with Crippen LogP contribution >= 0.6 is 0 Å². The van der Waals surface area contributed by atoms with E-state index in [-0.39, 0.29) is 17.6 Å². The molecule has 0 saturated heterocycles. The first-order valence-electron chi connectivity index (χ1n) is 4.58. The summed E-state index contributed by atoms with van der Waals surface area (Å²) in [6.07, 6.45) is 2.67. The van der Waals surface area contributed by atoms with Gasteiger partial charge in [-0.25, -0.2) is 0 Å². The molecule has 2 heteroatoms. The molecule has 0 N–H and O–H groups in total. The van der Waals surface area contributed by atoms with Crippen molar-refractivity contribution in [2.45, 2.75) is 33.1 Å². The molecule has 2 atom stereocenters. The maximum Gasteiger partial charge on any atom is 0.153 e. The van der Waals surface area contributed by atoms with Gasteiger partial charge >= 0.3 is 0 Å². The fraction of sp³-hybridized carbons (Fsp3) is 0.800. The van der Waals surface area contributed by atoms with Crippen molar-refractivity contribution in [1.29, 1.82) is 5.26 Å². The summed E-state index contributed by atoms with van der Waals surface area (Å²) in [5.74, 6) is 0.631. The molecule has 0 spiro atoms. The molecule has 1 saturated carbocycles. The van der Waals surface area contributed by atoms with Crippen molar-refractivity contribution in [3.05, 3.63) is 0 Å². The van der Waals surface area contributed by atoms with Gasteiger partial charge in [0, 0.05) is 5.92 Å². The van der Waals surface area contributed by atoms with E-state index in [0.717, 1.165) is 19.3 Å². The zero-order valence-electron chi connectivity index (χ0n) is 7.71. The third kappa shape index (κ3) is 1.85. The van der Waals surface area contributed by atoms with Crippen molar-refractivity contribution in [1.82, 2.24) is 0 Å². The van der Waals surface area contributed by atoms with Gasteiger partial charge in [0.25, 0.3) is 0 Å². The maximum absolute atomic E-state index is 11.4. The minimum Gasteiger partial charge on any atom is -0.298 e. The van der Waals surface area contributed by atoms with E-state index in [1.54, 1.807) is 0 Å². The van der Waals surface area contributed by atoms with Crippen molar-refractivity contribution in [3.8, 4) is 6.07 Å². The molecule has 66 valence electrons. The summed E-state index contributed by atoms with van der Waals surface area (Å²) < 4.78 is 0. The standard InChI is InChI=1S/C10H15NO/c1-7(2)5-8-3-4-9(6-11)10(8)12/h7-9H,3-5H2,1-2H3. The highest BCUT2D eigenvalue weighted by Crippen LogP contribution is 2.31. The van der Waals surface area contributed by atoms with Gasteiger partial charge in [-0.15, -0.1) is 0 Å². The molecular weight excluding hydrogens is 150 g/mol. The highest BCUT2D eigenvalue weighted by atomic mass is 16.1. The van der Waals surface area contributed by atoms with Gasteiger partial charge in [0.2, 0.25) is 0 Å². The Kier molecular flexibility index (Phi) is 2.86. The Hall–Kier alpha value is -0.840. The van der Waals surface area contributed by atoms with Crippen LogP contribution in [0.15, 0.2) is 0 Å². The van der Waals surface area contributed by atoms with E-state index in [9.17, 15) is 4.79 Å². The quantitative estimate of drug-likeness (QED) is 0.629. The van der Waals surface area contributed by atoms with E-state index >= 15 is 0 Å². The molecule has 0 radical (unpaired) electrons. The van der Waals surface area contributed by atoms with Crippen LogP contribution in [-0.4, -0.2) is 5.78 Å². The lowest BCUT2D eigenvalue weighted by atomic mass is 9.94. The van der Waals surface area contributed by atoms with Crippen LogP contribution in [0.5, 0.6) is 0 Å². The lowest BCUT2D eigenvalue weighted by Crippen LogP contribution is -2.14. The average Bonchev–Trinajstić information content (AvgIpc) is 2.32. The van der Waals surface area contributed by atoms with E-state index in [2.05, 4.69) is 19.9 Å². The Morgan fingerprint density at radius 1 is 1.58 bits per heavy atom. The largest absolute Gasteiger partial charge is 0.298 e. The number of carbonyl (C=O) groups is 1. The molecule has 2 nitrogen and oxygen atoms in total. The van der Waals surface area contributed by atoms with Crippen LogP contribution in [-0.2, 0) is 4.79 Å². The summed E-state index contributed by atoms with van der Waals surface area (Å²) in [7, 11) is 0. The van der Waals surface area contributed by atoms with Crippen LogP contribution in [0.4, 0.5) is 0 Å². The number of nitriles is 1. The highest BCUT2D eigenvalue weighted by molar-refractivity contribution is 5.87. The lowest BCUT2D eigenvalue weighted by molar-refractivity contribution is -0.122. The molecule has 1 aliphatic rings. The minimum atomic E-state index is -0.297. The number of ketones is 1. The van der Waals surface area contributed by atoms with Crippen molar-refractivity contribution in [2.75, 3.05) is 0 Å². The van der Waals surface area contributed by atoms with Gasteiger partial charge in [0.15, 0.2) is 5.78 Å². The fourth-order valence-electron chi connectivity index (χ4n) is 1.87. The van der Waals surface area contributed by atoms with Gasteiger partial charge in [-0.3, -0.25) is 4.79 Å². The van der Waals surface area contributed by atoms with Gasteiger partial charge in [-0.2, -0.15) is 5.26 Å². The van der Waals surface area contributed by atoms with E-state index in [1.807, 2.05) is 0 Å². The lowest BCUT2D eigenvalue weighted by Gasteiger charge is -2.09. The Morgan fingerprint density at radius 2 is 2.25 bits per heavy atom. The molecule has 0 amide bonds. The number of Topliss-reactive ketones (excluding diaryl/α,β-unsaturated/α-hetero) is 1. The van der Waals surface area contributed by atoms with Crippen LogP contribution in [0.3, 0.4) is 0 Å². The van der Waals surface area contributed by atoms with E-state index in [4.69, 9.17) is 5.26 Å². The van der Waals surface area contributed by atoms with Crippen molar-refractivity contribution < 1.29 is 4.79 Å². The fourth-order valence-corrected chi connectivity index (χ4v) is 1.87. The minimum absolute atomic E-state index is 0.176. The molecule has 0 aromatic carbocycles. The van der Waals surface area contributed by atoms with Gasteiger partial charge < -0.3 is 0 Å². The maximum atomic E-state index is 11.4. The summed E-state index contributed by atoms with van der Waals surface area (Å²) in [5, 5.41) is 8.62. The number of rotatable bonds is 2. The summed E-state index contributed by atoms with van der Waals surface area (Å²) in [5.41, 5.74) is 0. The molecule has 1 fully saturated rings. The van der Waals surface area contributed by atoms with Gasteiger partial charge in [0.05, 0.1) is 6.07 Å². The number of nitrogens with zero attached hydrogens (tertiary/aromatic N) is 1. The molecule has 0 bridgehead atoms. The smallest absolute Gasteiger partial charge is 0.153 e. The molecule has 1 rings (SSSR count). The van der Waals surface area contributed by atoms with Crippen LogP contribution in [0.2, 0.25) is 0 Å². The molecule has 0 heterocycles. The average molecular weight is 165 g/mol. The summed E-state index contributed by atoms with van der Waals surface area (Å²) in [6, 6.07) is 2.07. The number of carbonyl (C=O) groups excluding carboxylic acids is 1. The second-order valence-corrected chi connectivity index (χ2v) is 3.99. The SMILES string of the molecule is CC(C)CC1CCC(C#N)C1=O. The summed E-state index contributed by atoms with van der Waals surface area (Å²) in [4.78, 5) is 11.4. The molecule has 0 aliphatic heterocycles. The Bertz CT molecular complexity index is 214. The number of hydrogen-bond donors (Lipinski definition) is 0. The summed E-state index contributed by atoms with van der Waals surface area (Å²) >= 11 is 0. The van der Waals surface area contributed by atoms with Gasteiger partial charge in [-0.05, 0) is 25.2 Å². The number of hydrogen-bond acceptors (Lipinski definition) is 2. The van der Waals surface area contributed by atoms with Gasteiger partial charge in [-0.1, -0.05) is 13.8 Å². The zero-order valence-corrected chi connectivity index (χ0v) is 7.71. The normalized spacial score (nSPS) is 29.3. The predicted molar refractivity (Wildman–Crippen MR) is 46.3 cm³/mol. The Labute approximate surface area is 73.6 Å². The van der Waals surface area contributed by atoms with Crippen LogP contribution in [0.25, 0.3) is 0 Å². The Balaban J connectivity index is 2.51. The highest BCUT2D eigenvalue weighted by Gasteiger charge is 2.33. The topological polar surface area (TPSA) is 40.9 Å². The predicted octanol–water partition coefficient (Wildman–Crippen LogP) is 2.15. The summed E-state index contributed by atoms with van der Waals surface area (Å²) in [6.45, 7) is 4.24. The molecular formula is C10H15NO. The van der Waals surface area contributed by atoms with Crippen LogP contribution in [0.1, 0.15) is 33.1 Å². The molecule has 12 heavy (non-hydrogen) atoms. The second-order valence-electron chi connectivity index (χ2n) is 3.99. The second kappa shape index (κ2) is 3.71. The van der Waals surface area contributed by atoms with Crippen molar-refractivity contribution >= 4 is 5.78 Å².